The lowest BCUT2D eigenvalue weighted by Gasteiger charge is -2.04. The number of carbonyl (C=O) groups excluding carboxylic acids is 1. The van der Waals surface area contributed by atoms with Crippen LogP contribution in [-0.2, 0) is 0 Å². The summed E-state index contributed by atoms with van der Waals surface area (Å²) >= 11 is 7.09. The minimum absolute atomic E-state index is 0.0474. The average molecular weight is 348 g/mol. The van der Waals surface area contributed by atoms with E-state index >= 15 is 0 Å². The van der Waals surface area contributed by atoms with E-state index in [2.05, 4.69) is 15.5 Å². The number of rotatable bonds is 3. The SMILES string of the molecule is Cc1ccccc1-c1nnc(NC(=O)c2c(F)cccc2Cl)s1. The summed E-state index contributed by atoms with van der Waals surface area (Å²) in [6.07, 6.45) is 0. The van der Waals surface area contributed by atoms with Gasteiger partial charge in [0.1, 0.15) is 10.8 Å². The number of halogens is 2. The highest BCUT2D eigenvalue weighted by Gasteiger charge is 2.18. The van der Waals surface area contributed by atoms with Crippen molar-refractivity contribution < 1.29 is 9.18 Å². The van der Waals surface area contributed by atoms with E-state index in [9.17, 15) is 9.18 Å². The molecule has 0 atom stereocenters. The molecule has 0 radical (unpaired) electrons. The molecule has 7 heteroatoms. The van der Waals surface area contributed by atoms with Crippen molar-refractivity contribution in [1.82, 2.24) is 10.2 Å². The number of benzene rings is 2. The van der Waals surface area contributed by atoms with E-state index in [1.165, 1.54) is 29.5 Å². The van der Waals surface area contributed by atoms with Crippen LogP contribution < -0.4 is 5.32 Å². The fraction of sp³-hybridized carbons (Fsp3) is 0.0625. The Kier molecular flexibility index (Phi) is 4.36. The van der Waals surface area contributed by atoms with E-state index in [4.69, 9.17) is 11.6 Å². The van der Waals surface area contributed by atoms with Gasteiger partial charge in [-0.1, -0.05) is 53.3 Å². The van der Waals surface area contributed by atoms with Gasteiger partial charge in [-0.15, -0.1) is 10.2 Å². The van der Waals surface area contributed by atoms with Crippen molar-refractivity contribution in [2.24, 2.45) is 0 Å². The Bertz CT molecular complexity index is 861. The molecule has 0 bridgehead atoms. The number of anilines is 1. The van der Waals surface area contributed by atoms with Crippen molar-refractivity contribution in [3.05, 3.63) is 64.4 Å². The number of hydrogen-bond donors (Lipinski definition) is 1. The molecule has 1 N–H and O–H groups in total. The summed E-state index contributed by atoms with van der Waals surface area (Å²) in [5.74, 6) is -1.33. The number of aryl methyl sites for hydroxylation is 1. The van der Waals surface area contributed by atoms with Gasteiger partial charge >= 0.3 is 0 Å². The van der Waals surface area contributed by atoms with E-state index in [-0.39, 0.29) is 15.7 Å². The highest BCUT2D eigenvalue weighted by Crippen LogP contribution is 2.29. The normalized spacial score (nSPS) is 10.6. The molecule has 0 saturated carbocycles. The minimum Gasteiger partial charge on any atom is -0.296 e. The smallest absolute Gasteiger partial charge is 0.261 e. The van der Waals surface area contributed by atoms with Crippen LogP contribution in [0.5, 0.6) is 0 Å². The van der Waals surface area contributed by atoms with Crippen molar-refractivity contribution >= 4 is 34.0 Å². The van der Waals surface area contributed by atoms with Crippen LogP contribution in [0.25, 0.3) is 10.6 Å². The first kappa shape index (κ1) is 15.6. The van der Waals surface area contributed by atoms with Gasteiger partial charge in [-0.3, -0.25) is 10.1 Å². The number of hydrogen-bond acceptors (Lipinski definition) is 4. The fourth-order valence-electron chi connectivity index (χ4n) is 2.07. The molecule has 0 fully saturated rings. The van der Waals surface area contributed by atoms with Crippen LogP contribution in [-0.4, -0.2) is 16.1 Å². The summed E-state index contributed by atoms with van der Waals surface area (Å²) in [5.41, 5.74) is 1.79. The second kappa shape index (κ2) is 6.44. The molecule has 0 unspecified atom stereocenters. The van der Waals surface area contributed by atoms with Crippen molar-refractivity contribution in [2.45, 2.75) is 6.92 Å². The van der Waals surface area contributed by atoms with Crippen LogP contribution in [0, 0.1) is 12.7 Å². The Hall–Kier alpha value is -2.31. The molecule has 0 saturated heterocycles. The third kappa shape index (κ3) is 3.23. The zero-order valence-electron chi connectivity index (χ0n) is 12.0. The van der Waals surface area contributed by atoms with Gasteiger partial charge in [0.2, 0.25) is 5.13 Å². The molecular formula is C16H11ClFN3OS. The molecule has 3 rings (SSSR count). The van der Waals surface area contributed by atoms with Gasteiger partial charge < -0.3 is 0 Å². The summed E-state index contributed by atoms with van der Waals surface area (Å²) in [5, 5.41) is 11.5. The maximum atomic E-state index is 13.7. The Balaban J connectivity index is 1.85. The largest absolute Gasteiger partial charge is 0.296 e. The van der Waals surface area contributed by atoms with Gasteiger partial charge in [0, 0.05) is 5.56 Å². The first-order chi connectivity index (χ1) is 11.1. The summed E-state index contributed by atoms with van der Waals surface area (Å²) in [4.78, 5) is 12.2. The van der Waals surface area contributed by atoms with Gasteiger partial charge in [0.25, 0.3) is 5.91 Å². The second-order valence-corrected chi connectivity index (χ2v) is 6.16. The summed E-state index contributed by atoms with van der Waals surface area (Å²) in [7, 11) is 0. The summed E-state index contributed by atoms with van der Waals surface area (Å²) < 4.78 is 13.7. The molecule has 116 valence electrons. The Morgan fingerprint density at radius 2 is 1.96 bits per heavy atom. The third-order valence-electron chi connectivity index (χ3n) is 3.21. The van der Waals surface area contributed by atoms with Crippen LogP contribution in [0.15, 0.2) is 42.5 Å². The number of carbonyl (C=O) groups is 1. The minimum atomic E-state index is -0.682. The zero-order valence-corrected chi connectivity index (χ0v) is 13.6. The van der Waals surface area contributed by atoms with E-state index in [0.717, 1.165) is 11.1 Å². The quantitative estimate of drug-likeness (QED) is 0.755. The number of nitrogens with zero attached hydrogens (tertiary/aromatic N) is 2. The van der Waals surface area contributed by atoms with Gasteiger partial charge in [0.15, 0.2) is 0 Å². The van der Waals surface area contributed by atoms with Crippen molar-refractivity contribution in [3.63, 3.8) is 0 Å². The highest BCUT2D eigenvalue weighted by atomic mass is 35.5. The standard InChI is InChI=1S/C16H11ClFN3OS/c1-9-5-2-3-6-10(9)15-20-21-16(23-15)19-14(22)13-11(17)7-4-8-12(13)18/h2-8H,1H3,(H,19,21,22). The highest BCUT2D eigenvalue weighted by molar-refractivity contribution is 7.18. The first-order valence-corrected chi connectivity index (χ1v) is 7.90. The Morgan fingerprint density at radius 1 is 1.17 bits per heavy atom. The van der Waals surface area contributed by atoms with Crippen LogP contribution in [0.4, 0.5) is 9.52 Å². The van der Waals surface area contributed by atoms with E-state index in [1.807, 2.05) is 31.2 Å². The van der Waals surface area contributed by atoms with Crippen LogP contribution in [0.3, 0.4) is 0 Å². The van der Waals surface area contributed by atoms with Gasteiger partial charge in [-0.2, -0.15) is 0 Å². The monoisotopic (exact) mass is 347 g/mol. The molecule has 2 aromatic carbocycles. The van der Waals surface area contributed by atoms with E-state index in [1.54, 1.807) is 0 Å². The molecule has 1 aromatic heterocycles. The lowest BCUT2D eigenvalue weighted by molar-refractivity contribution is 0.102. The molecule has 1 heterocycles. The van der Waals surface area contributed by atoms with Gasteiger partial charge in [0.05, 0.1) is 10.6 Å². The average Bonchev–Trinajstić information content (AvgIpc) is 2.95. The fourth-order valence-corrected chi connectivity index (χ4v) is 3.15. The molecule has 1 amide bonds. The van der Waals surface area contributed by atoms with Crippen molar-refractivity contribution in [3.8, 4) is 10.6 Å². The van der Waals surface area contributed by atoms with Gasteiger partial charge in [-0.25, -0.2) is 4.39 Å². The predicted octanol–water partition coefficient (Wildman–Crippen LogP) is 4.56. The molecule has 23 heavy (non-hydrogen) atoms. The van der Waals surface area contributed by atoms with Crippen molar-refractivity contribution in [2.75, 3.05) is 5.32 Å². The van der Waals surface area contributed by atoms with E-state index < -0.39 is 11.7 Å². The molecule has 4 nitrogen and oxygen atoms in total. The van der Waals surface area contributed by atoms with E-state index in [0.29, 0.717) is 5.01 Å². The Labute approximate surface area is 141 Å². The summed E-state index contributed by atoms with van der Waals surface area (Å²) in [6.45, 7) is 1.97. The zero-order chi connectivity index (χ0) is 16.4. The molecule has 0 aliphatic carbocycles. The van der Waals surface area contributed by atoms with Crippen molar-refractivity contribution in [1.29, 1.82) is 0 Å². The topological polar surface area (TPSA) is 54.9 Å². The van der Waals surface area contributed by atoms with Crippen LogP contribution >= 0.6 is 22.9 Å². The maximum Gasteiger partial charge on any atom is 0.261 e. The maximum absolute atomic E-state index is 13.7. The van der Waals surface area contributed by atoms with Gasteiger partial charge in [-0.05, 0) is 24.6 Å². The Morgan fingerprint density at radius 3 is 2.70 bits per heavy atom. The predicted molar refractivity (Wildman–Crippen MR) is 89.4 cm³/mol. The lowest BCUT2D eigenvalue weighted by Crippen LogP contribution is -2.14. The lowest BCUT2D eigenvalue weighted by atomic mass is 10.1. The molecular weight excluding hydrogens is 337 g/mol. The second-order valence-electron chi connectivity index (χ2n) is 4.78. The number of nitrogens with one attached hydrogen (secondary N) is 1. The number of aromatic nitrogens is 2. The molecule has 3 aromatic rings. The first-order valence-electron chi connectivity index (χ1n) is 6.71. The number of amides is 1. The van der Waals surface area contributed by atoms with Crippen LogP contribution in [0.2, 0.25) is 5.02 Å². The third-order valence-corrected chi connectivity index (χ3v) is 4.40. The molecule has 0 aliphatic rings. The van der Waals surface area contributed by atoms with Crippen LogP contribution in [0.1, 0.15) is 15.9 Å². The molecule has 0 spiro atoms. The summed E-state index contributed by atoms with van der Waals surface area (Å²) in [6, 6.07) is 11.8. The molecule has 0 aliphatic heterocycles.